The van der Waals surface area contributed by atoms with Gasteiger partial charge in [0, 0.05) is 6.04 Å². The molecule has 0 aliphatic carbocycles. The molecule has 2 atom stereocenters. The highest BCUT2D eigenvalue weighted by molar-refractivity contribution is 4.99. The van der Waals surface area contributed by atoms with Crippen molar-refractivity contribution < 1.29 is 4.52 Å². The van der Waals surface area contributed by atoms with E-state index in [1.807, 2.05) is 6.92 Å². The Morgan fingerprint density at radius 3 is 2.40 bits per heavy atom. The average molecular weight is 211 g/mol. The van der Waals surface area contributed by atoms with Crippen molar-refractivity contribution in [3.05, 3.63) is 11.7 Å². The molecule has 86 valence electrons. The highest BCUT2D eigenvalue weighted by atomic mass is 16.5. The van der Waals surface area contributed by atoms with Crippen LogP contribution in [0.2, 0.25) is 0 Å². The Morgan fingerprint density at radius 2 is 2.00 bits per heavy atom. The van der Waals surface area contributed by atoms with Gasteiger partial charge in [-0.05, 0) is 26.3 Å². The van der Waals surface area contributed by atoms with Gasteiger partial charge in [0.15, 0.2) is 5.82 Å². The van der Waals surface area contributed by atoms with E-state index < -0.39 is 0 Å². The number of nitrogens with one attached hydrogen (secondary N) is 1. The first-order chi connectivity index (χ1) is 7.06. The van der Waals surface area contributed by atoms with Crippen molar-refractivity contribution in [3.63, 3.8) is 0 Å². The van der Waals surface area contributed by atoms with Crippen LogP contribution < -0.4 is 5.32 Å². The van der Waals surface area contributed by atoms with Crippen LogP contribution in [0.3, 0.4) is 0 Å². The second-order valence-electron chi connectivity index (χ2n) is 4.30. The molecule has 0 fully saturated rings. The van der Waals surface area contributed by atoms with Crippen molar-refractivity contribution in [3.8, 4) is 0 Å². The summed E-state index contributed by atoms with van der Waals surface area (Å²) < 4.78 is 5.25. The lowest BCUT2D eigenvalue weighted by molar-refractivity contribution is 0.281. The first kappa shape index (κ1) is 12.2. The Labute approximate surface area is 91.5 Å². The number of nitrogens with zero attached hydrogens (tertiary/aromatic N) is 2. The van der Waals surface area contributed by atoms with Gasteiger partial charge in [0.05, 0.1) is 5.92 Å². The van der Waals surface area contributed by atoms with Crippen LogP contribution in [-0.2, 0) is 0 Å². The molecule has 0 saturated heterocycles. The second kappa shape index (κ2) is 5.26. The highest BCUT2D eigenvalue weighted by Gasteiger charge is 2.27. The fourth-order valence-corrected chi connectivity index (χ4v) is 1.97. The molecule has 1 N–H and O–H groups in total. The normalized spacial score (nSPS) is 15.6. The fourth-order valence-electron chi connectivity index (χ4n) is 1.97. The van der Waals surface area contributed by atoms with Gasteiger partial charge in [0.1, 0.15) is 0 Å². The molecule has 15 heavy (non-hydrogen) atoms. The third kappa shape index (κ3) is 3.02. The molecule has 1 aromatic rings. The Bertz CT molecular complexity index is 296. The van der Waals surface area contributed by atoms with Crippen molar-refractivity contribution in [2.45, 2.75) is 46.6 Å². The first-order valence-corrected chi connectivity index (χ1v) is 5.59. The van der Waals surface area contributed by atoms with E-state index in [2.05, 4.69) is 43.2 Å². The topological polar surface area (TPSA) is 51.0 Å². The van der Waals surface area contributed by atoms with Crippen LogP contribution in [0.15, 0.2) is 4.52 Å². The van der Waals surface area contributed by atoms with Crippen LogP contribution in [0.1, 0.15) is 45.3 Å². The van der Waals surface area contributed by atoms with Gasteiger partial charge in [0.25, 0.3) is 0 Å². The van der Waals surface area contributed by atoms with Gasteiger partial charge in [-0.2, -0.15) is 4.98 Å². The summed E-state index contributed by atoms with van der Waals surface area (Å²) in [5.74, 6) is 2.22. The summed E-state index contributed by atoms with van der Waals surface area (Å²) in [5, 5.41) is 7.26. The van der Waals surface area contributed by atoms with Crippen LogP contribution >= 0.6 is 0 Å². The van der Waals surface area contributed by atoms with Crippen molar-refractivity contribution in [2.24, 2.45) is 5.92 Å². The van der Waals surface area contributed by atoms with Crippen molar-refractivity contribution >= 4 is 0 Å². The number of rotatable bonds is 5. The van der Waals surface area contributed by atoms with E-state index in [9.17, 15) is 0 Å². The van der Waals surface area contributed by atoms with E-state index in [1.165, 1.54) is 0 Å². The summed E-state index contributed by atoms with van der Waals surface area (Å²) in [6.45, 7) is 11.4. The summed E-state index contributed by atoms with van der Waals surface area (Å²) in [5.41, 5.74) is 0. The minimum Gasteiger partial charge on any atom is -0.339 e. The van der Waals surface area contributed by atoms with E-state index in [0.717, 1.165) is 12.4 Å². The molecule has 1 heterocycles. The molecule has 4 nitrogen and oxygen atoms in total. The summed E-state index contributed by atoms with van der Waals surface area (Å²) in [6.07, 6.45) is 0. The maximum atomic E-state index is 5.25. The minimum absolute atomic E-state index is 0.283. The van der Waals surface area contributed by atoms with Gasteiger partial charge in [0.2, 0.25) is 5.89 Å². The Hall–Kier alpha value is -0.900. The predicted octanol–water partition coefficient (Wildman–Crippen LogP) is 2.12. The molecule has 0 radical (unpaired) electrons. The van der Waals surface area contributed by atoms with E-state index in [4.69, 9.17) is 4.52 Å². The van der Waals surface area contributed by atoms with Crippen LogP contribution in [0.4, 0.5) is 0 Å². The molecule has 1 aromatic heterocycles. The maximum Gasteiger partial charge on any atom is 0.231 e. The van der Waals surface area contributed by atoms with E-state index in [1.54, 1.807) is 0 Å². The number of hydrogen-bond donors (Lipinski definition) is 1. The largest absolute Gasteiger partial charge is 0.339 e. The van der Waals surface area contributed by atoms with Crippen LogP contribution in [0, 0.1) is 12.8 Å². The third-order valence-electron chi connectivity index (χ3n) is 2.61. The van der Waals surface area contributed by atoms with Crippen molar-refractivity contribution in [1.29, 1.82) is 0 Å². The first-order valence-electron chi connectivity index (χ1n) is 5.59. The molecule has 0 saturated carbocycles. The molecule has 0 amide bonds. The predicted molar refractivity (Wildman–Crippen MR) is 59.8 cm³/mol. The standard InChI is InChI=1S/C11H21N3O/c1-6-12-8(4)10(7(2)3)11-13-9(5)14-15-11/h7-8,10,12H,6H2,1-5H3. The van der Waals surface area contributed by atoms with Crippen molar-refractivity contribution in [1.82, 2.24) is 15.5 Å². The van der Waals surface area contributed by atoms with Gasteiger partial charge < -0.3 is 9.84 Å². The SMILES string of the molecule is CCNC(C)C(c1nc(C)no1)C(C)C. The molecular weight excluding hydrogens is 190 g/mol. The molecule has 2 unspecified atom stereocenters. The van der Waals surface area contributed by atoms with Crippen LogP contribution in [0.25, 0.3) is 0 Å². The van der Waals surface area contributed by atoms with Crippen LogP contribution in [0.5, 0.6) is 0 Å². The molecule has 4 heteroatoms. The molecule has 1 rings (SSSR count). The Morgan fingerprint density at radius 1 is 1.33 bits per heavy atom. The van der Waals surface area contributed by atoms with Gasteiger partial charge in [-0.15, -0.1) is 0 Å². The average Bonchev–Trinajstić information content (AvgIpc) is 2.51. The summed E-state index contributed by atoms with van der Waals surface area (Å²) in [4.78, 5) is 4.32. The quantitative estimate of drug-likeness (QED) is 0.810. The summed E-state index contributed by atoms with van der Waals surface area (Å²) in [7, 11) is 0. The Balaban J connectivity index is 2.82. The lowest BCUT2D eigenvalue weighted by Gasteiger charge is -2.24. The maximum absolute atomic E-state index is 5.25. The van der Waals surface area contributed by atoms with E-state index in [0.29, 0.717) is 17.8 Å². The number of aryl methyl sites for hydroxylation is 1. The van der Waals surface area contributed by atoms with Crippen LogP contribution in [-0.4, -0.2) is 22.7 Å². The number of likely N-dealkylation sites (N-methyl/N-ethyl adjacent to an activating group) is 1. The van der Waals surface area contributed by atoms with Gasteiger partial charge >= 0.3 is 0 Å². The third-order valence-corrected chi connectivity index (χ3v) is 2.61. The molecule has 0 spiro atoms. The molecule has 0 aliphatic rings. The Kier molecular flexibility index (Phi) is 4.27. The monoisotopic (exact) mass is 211 g/mol. The van der Waals surface area contributed by atoms with Crippen molar-refractivity contribution in [2.75, 3.05) is 6.54 Å². The van der Waals surface area contributed by atoms with Gasteiger partial charge in [-0.25, -0.2) is 0 Å². The van der Waals surface area contributed by atoms with E-state index >= 15 is 0 Å². The number of hydrogen-bond acceptors (Lipinski definition) is 4. The molecular formula is C11H21N3O. The molecule has 0 bridgehead atoms. The highest BCUT2D eigenvalue weighted by Crippen LogP contribution is 2.26. The van der Waals surface area contributed by atoms with E-state index in [-0.39, 0.29) is 5.92 Å². The lowest BCUT2D eigenvalue weighted by atomic mass is 9.89. The summed E-state index contributed by atoms with van der Waals surface area (Å²) >= 11 is 0. The van der Waals surface area contributed by atoms with Gasteiger partial charge in [-0.3, -0.25) is 0 Å². The zero-order valence-corrected chi connectivity index (χ0v) is 10.2. The summed E-state index contributed by atoms with van der Waals surface area (Å²) in [6, 6.07) is 0.356. The minimum atomic E-state index is 0.283. The van der Waals surface area contributed by atoms with Gasteiger partial charge in [-0.1, -0.05) is 25.9 Å². The smallest absolute Gasteiger partial charge is 0.231 e. The molecule has 0 aromatic carbocycles. The molecule has 0 aliphatic heterocycles. The second-order valence-corrected chi connectivity index (χ2v) is 4.30. The number of aromatic nitrogens is 2. The zero-order chi connectivity index (χ0) is 11.4. The zero-order valence-electron chi connectivity index (χ0n) is 10.2. The lowest BCUT2D eigenvalue weighted by Crippen LogP contribution is -2.34. The fraction of sp³-hybridized carbons (Fsp3) is 0.818.